The number of likely N-dealkylation sites (N-methyl/N-ethyl adjacent to an activating group) is 1. The molecular weight excluding hydrogens is 422 g/mol. The average Bonchev–Trinajstić information content (AvgIpc) is 2.78. The number of para-hydroxylation sites is 1. The summed E-state index contributed by atoms with van der Waals surface area (Å²) in [6.45, 7) is 6.32. The number of piperidine rings is 1. The number of nitrogens with one attached hydrogen (secondary N) is 1. The Morgan fingerprint density at radius 1 is 1.06 bits per heavy atom. The topological polar surface area (TPSA) is 61.9 Å². The fourth-order valence-corrected chi connectivity index (χ4v) is 4.16. The number of thiocarbonyl (C=S) groups is 1. The molecule has 1 unspecified atom stereocenters. The van der Waals surface area contributed by atoms with Crippen LogP contribution in [0.25, 0.3) is 0 Å². The Morgan fingerprint density at radius 2 is 1.66 bits per heavy atom. The summed E-state index contributed by atoms with van der Waals surface area (Å²) in [5.41, 5.74) is -0.0416. The number of benzene rings is 2. The lowest BCUT2D eigenvalue weighted by Crippen LogP contribution is -2.66. The minimum Gasteiger partial charge on any atom is -0.444 e. The first-order chi connectivity index (χ1) is 15.1. The van der Waals surface area contributed by atoms with E-state index in [9.17, 15) is 9.59 Å². The molecule has 1 atom stereocenters. The average molecular weight is 454 g/mol. The van der Waals surface area contributed by atoms with E-state index in [2.05, 4.69) is 5.32 Å². The maximum absolute atomic E-state index is 13.2. The molecule has 0 radical (unpaired) electrons. The molecule has 7 heteroatoms. The van der Waals surface area contributed by atoms with Crippen molar-refractivity contribution >= 4 is 34.9 Å². The number of rotatable bonds is 4. The van der Waals surface area contributed by atoms with Gasteiger partial charge >= 0.3 is 6.09 Å². The maximum Gasteiger partial charge on any atom is 0.410 e. The molecule has 0 spiro atoms. The summed E-state index contributed by atoms with van der Waals surface area (Å²) in [6, 6.07) is 18.8. The summed E-state index contributed by atoms with van der Waals surface area (Å²) in [4.78, 5) is 30.1. The van der Waals surface area contributed by atoms with Gasteiger partial charge in [0.2, 0.25) is 0 Å². The molecule has 1 heterocycles. The van der Waals surface area contributed by atoms with Gasteiger partial charge in [-0.3, -0.25) is 4.79 Å². The second-order valence-electron chi connectivity index (χ2n) is 9.11. The summed E-state index contributed by atoms with van der Waals surface area (Å²) in [7, 11) is 1.89. The van der Waals surface area contributed by atoms with Crippen LogP contribution in [0.15, 0.2) is 60.7 Å². The summed E-state index contributed by atoms with van der Waals surface area (Å²) in [6.07, 6.45) is 0.915. The Balaban J connectivity index is 1.92. The number of hydrogen-bond donors (Lipinski definition) is 1. The molecule has 2 aromatic rings. The van der Waals surface area contributed by atoms with Gasteiger partial charge in [-0.15, -0.1) is 0 Å². The Labute approximate surface area is 195 Å². The van der Waals surface area contributed by atoms with E-state index < -0.39 is 17.2 Å². The van der Waals surface area contributed by atoms with Crippen LogP contribution in [-0.4, -0.2) is 53.2 Å². The van der Waals surface area contributed by atoms with Gasteiger partial charge < -0.3 is 19.9 Å². The summed E-state index contributed by atoms with van der Waals surface area (Å²) in [5, 5.41) is 3.18. The molecule has 0 bridgehead atoms. The molecule has 0 aliphatic carbocycles. The number of nitrogens with zero attached hydrogens (tertiary/aromatic N) is 2. The second kappa shape index (κ2) is 9.69. The normalized spacial score (nSPS) is 18.6. The van der Waals surface area contributed by atoms with Crippen molar-refractivity contribution in [3.05, 3.63) is 66.2 Å². The highest BCUT2D eigenvalue weighted by Gasteiger charge is 2.44. The third kappa shape index (κ3) is 5.65. The monoisotopic (exact) mass is 453 g/mol. The van der Waals surface area contributed by atoms with E-state index in [0.29, 0.717) is 29.9 Å². The summed E-state index contributed by atoms with van der Waals surface area (Å²) >= 11 is 5.94. The van der Waals surface area contributed by atoms with Gasteiger partial charge in [-0.2, -0.15) is 0 Å². The van der Waals surface area contributed by atoms with Crippen LogP contribution >= 0.6 is 12.2 Å². The predicted molar refractivity (Wildman–Crippen MR) is 131 cm³/mol. The van der Waals surface area contributed by atoms with Gasteiger partial charge in [0.1, 0.15) is 16.1 Å². The van der Waals surface area contributed by atoms with Gasteiger partial charge in [0.05, 0.1) is 6.54 Å². The van der Waals surface area contributed by atoms with E-state index in [1.165, 1.54) is 0 Å². The fourth-order valence-electron chi connectivity index (χ4n) is 3.84. The molecule has 6 nitrogen and oxygen atoms in total. The molecule has 1 N–H and O–H groups in total. The van der Waals surface area contributed by atoms with Crippen LogP contribution in [0, 0.1) is 0 Å². The molecule has 2 amide bonds. The van der Waals surface area contributed by atoms with Crippen LogP contribution < -0.4 is 10.2 Å². The van der Waals surface area contributed by atoms with Crippen molar-refractivity contribution in [2.45, 2.75) is 44.8 Å². The first kappa shape index (κ1) is 23.7. The SMILES string of the molecule is CN(C(=S)C1(NC(=O)c2ccccc2)CCCN(C(=O)OC(C)(C)C)C1)c1ccccc1. The van der Waals surface area contributed by atoms with Gasteiger partial charge in [-0.25, -0.2) is 4.79 Å². The van der Waals surface area contributed by atoms with Gasteiger partial charge in [0.15, 0.2) is 0 Å². The highest BCUT2D eigenvalue weighted by Crippen LogP contribution is 2.28. The number of hydrogen-bond acceptors (Lipinski definition) is 4. The standard InChI is InChI=1S/C25H31N3O3S/c1-24(2,3)31-23(30)28-17-11-16-25(18-28,26-21(29)19-12-7-5-8-13-19)22(32)27(4)20-14-9-6-10-15-20/h5-10,12-15H,11,16-18H2,1-4H3,(H,26,29). The molecule has 32 heavy (non-hydrogen) atoms. The van der Waals surface area contributed by atoms with E-state index in [1.807, 2.05) is 81.2 Å². The lowest BCUT2D eigenvalue weighted by atomic mass is 9.87. The zero-order valence-electron chi connectivity index (χ0n) is 19.1. The molecule has 0 saturated carbocycles. The van der Waals surface area contributed by atoms with Crippen LogP contribution in [0.1, 0.15) is 44.0 Å². The Bertz CT molecular complexity index is 959. The van der Waals surface area contributed by atoms with Gasteiger partial charge in [-0.05, 0) is 57.9 Å². The van der Waals surface area contributed by atoms with Gasteiger partial charge in [-0.1, -0.05) is 48.6 Å². The molecule has 3 rings (SSSR count). The molecule has 2 aromatic carbocycles. The minimum absolute atomic E-state index is 0.222. The van der Waals surface area contributed by atoms with E-state index in [-0.39, 0.29) is 12.5 Å². The molecule has 0 aromatic heterocycles. The minimum atomic E-state index is -0.901. The van der Waals surface area contributed by atoms with Crippen LogP contribution in [0.5, 0.6) is 0 Å². The number of amides is 2. The fraction of sp³-hybridized carbons (Fsp3) is 0.400. The van der Waals surface area contributed by atoms with Gasteiger partial charge in [0.25, 0.3) is 5.91 Å². The first-order valence-electron chi connectivity index (χ1n) is 10.8. The van der Waals surface area contributed by atoms with Crippen molar-refractivity contribution in [2.75, 3.05) is 25.0 Å². The van der Waals surface area contributed by atoms with E-state index in [4.69, 9.17) is 17.0 Å². The highest BCUT2D eigenvalue weighted by atomic mass is 32.1. The molecule has 1 fully saturated rings. The quantitative estimate of drug-likeness (QED) is 0.683. The summed E-state index contributed by atoms with van der Waals surface area (Å²) in [5.74, 6) is -0.222. The lowest BCUT2D eigenvalue weighted by molar-refractivity contribution is 0.0157. The number of carbonyl (C=O) groups excluding carboxylic acids is 2. The van der Waals surface area contributed by atoms with Gasteiger partial charge in [0, 0.05) is 24.8 Å². The number of anilines is 1. The van der Waals surface area contributed by atoms with Crippen molar-refractivity contribution < 1.29 is 14.3 Å². The number of carbonyl (C=O) groups is 2. The zero-order chi connectivity index (χ0) is 23.4. The van der Waals surface area contributed by atoms with Crippen LogP contribution in [0.2, 0.25) is 0 Å². The van der Waals surface area contributed by atoms with Crippen molar-refractivity contribution in [1.82, 2.24) is 10.2 Å². The van der Waals surface area contributed by atoms with Crippen molar-refractivity contribution in [2.24, 2.45) is 0 Å². The van der Waals surface area contributed by atoms with E-state index >= 15 is 0 Å². The predicted octanol–water partition coefficient (Wildman–Crippen LogP) is 4.65. The lowest BCUT2D eigenvalue weighted by Gasteiger charge is -2.45. The Hall–Kier alpha value is -2.93. The maximum atomic E-state index is 13.2. The van der Waals surface area contributed by atoms with Crippen LogP contribution in [-0.2, 0) is 4.74 Å². The van der Waals surface area contributed by atoms with E-state index in [1.54, 1.807) is 17.0 Å². The smallest absolute Gasteiger partial charge is 0.410 e. The van der Waals surface area contributed by atoms with Crippen LogP contribution in [0.4, 0.5) is 10.5 Å². The molecule has 1 aliphatic rings. The third-order valence-electron chi connectivity index (χ3n) is 5.39. The van der Waals surface area contributed by atoms with Crippen LogP contribution in [0.3, 0.4) is 0 Å². The Morgan fingerprint density at radius 3 is 2.25 bits per heavy atom. The molecular formula is C25H31N3O3S. The van der Waals surface area contributed by atoms with Crippen molar-refractivity contribution in [1.29, 1.82) is 0 Å². The van der Waals surface area contributed by atoms with Crippen molar-refractivity contribution in [3.63, 3.8) is 0 Å². The molecule has 1 aliphatic heterocycles. The first-order valence-corrected chi connectivity index (χ1v) is 11.2. The number of likely N-dealkylation sites (tertiary alicyclic amines) is 1. The zero-order valence-corrected chi connectivity index (χ0v) is 19.9. The summed E-state index contributed by atoms with van der Waals surface area (Å²) < 4.78 is 5.60. The molecule has 1 saturated heterocycles. The highest BCUT2D eigenvalue weighted by molar-refractivity contribution is 7.80. The third-order valence-corrected chi connectivity index (χ3v) is 6.05. The van der Waals surface area contributed by atoms with E-state index in [0.717, 1.165) is 5.69 Å². The largest absolute Gasteiger partial charge is 0.444 e. The Kier molecular flexibility index (Phi) is 7.19. The number of ether oxygens (including phenoxy) is 1. The van der Waals surface area contributed by atoms with Crippen molar-refractivity contribution in [3.8, 4) is 0 Å². The molecule has 170 valence electrons. The second-order valence-corrected chi connectivity index (χ2v) is 9.49.